The van der Waals surface area contributed by atoms with Crippen molar-refractivity contribution in [3.63, 3.8) is 0 Å². The van der Waals surface area contributed by atoms with Crippen molar-refractivity contribution in [1.82, 2.24) is 4.90 Å². The first-order valence-electron chi connectivity index (χ1n) is 7.35. The van der Waals surface area contributed by atoms with Crippen molar-refractivity contribution in [3.05, 3.63) is 29.8 Å². The molecule has 0 bridgehead atoms. The molecule has 4 nitrogen and oxygen atoms in total. The van der Waals surface area contributed by atoms with Gasteiger partial charge >= 0.3 is 5.97 Å². The van der Waals surface area contributed by atoms with Crippen LogP contribution in [0.3, 0.4) is 0 Å². The highest BCUT2D eigenvalue weighted by atomic mass is 35.5. The number of alkyl halides is 1. The second kappa shape index (κ2) is 7.14. The summed E-state index contributed by atoms with van der Waals surface area (Å²) >= 11 is 6.44. The number of benzene rings is 1. The summed E-state index contributed by atoms with van der Waals surface area (Å²) in [5.74, 6) is 0.0687. The van der Waals surface area contributed by atoms with Gasteiger partial charge in [-0.15, -0.1) is 11.6 Å². The normalized spacial score (nSPS) is 20.7. The Morgan fingerprint density at radius 3 is 2.67 bits per heavy atom. The predicted octanol–water partition coefficient (Wildman–Crippen LogP) is 3.30. The fourth-order valence-corrected chi connectivity index (χ4v) is 2.99. The van der Waals surface area contributed by atoms with E-state index in [-0.39, 0.29) is 11.5 Å². The maximum atomic E-state index is 11.2. The lowest BCUT2D eigenvalue weighted by Gasteiger charge is -2.24. The first-order valence-corrected chi connectivity index (χ1v) is 7.78. The van der Waals surface area contributed by atoms with Crippen LogP contribution in [0.15, 0.2) is 24.3 Å². The van der Waals surface area contributed by atoms with E-state index >= 15 is 0 Å². The van der Waals surface area contributed by atoms with Gasteiger partial charge in [0.2, 0.25) is 0 Å². The molecule has 2 unspecified atom stereocenters. The highest BCUT2D eigenvalue weighted by molar-refractivity contribution is 6.21. The number of nitrogens with zero attached hydrogens (tertiary/aromatic N) is 1. The molecule has 0 saturated carbocycles. The second-order valence-corrected chi connectivity index (χ2v) is 6.22. The average molecular weight is 312 g/mol. The van der Waals surface area contributed by atoms with E-state index in [0.29, 0.717) is 13.0 Å². The fourth-order valence-electron chi connectivity index (χ4n) is 2.66. The predicted molar refractivity (Wildman–Crippen MR) is 83.0 cm³/mol. The summed E-state index contributed by atoms with van der Waals surface area (Å²) in [6, 6.07) is 7.31. The van der Waals surface area contributed by atoms with Gasteiger partial charge in [0, 0.05) is 6.54 Å². The van der Waals surface area contributed by atoms with Crippen LogP contribution in [0.4, 0.5) is 0 Å². The molecule has 0 radical (unpaired) electrons. The summed E-state index contributed by atoms with van der Waals surface area (Å²) < 4.78 is 5.60. The molecule has 116 valence electrons. The molecule has 1 aromatic carbocycles. The third kappa shape index (κ3) is 4.35. The van der Waals surface area contributed by atoms with Crippen LogP contribution in [0.2, 0.25) is 0 Å². The van der Waals surface area contributed by atoms with Crippen LogP contribution in [0, 0.1) is 0 Å². The molecule has 2 rings (SSSR count). The zero-order chi connectivity index (χ0) is 15.4. The molecule has 0 aliphatic carbocycles. The first-order chi connectivity index (χ1) is 9.97. The van der Waals surface area contributed by atoms with Crippen LogP contribution in [-0.4, -0.2) is 41.2 Å². The molecule has 1 heterocycles. The van der Waals surface area contributed by atoms with E-state index in [0.717, 1.165) is 24.3 Å². The van der Waals surface area contributed by atoms with Gasteiger partial charge in [0.25, 0.3) is 0 Å². The molecule has 1 N–H and O–H groups in total. The summed E-state index contributed by atoms with van der Waals surface area (Å²) in [6.07, 6.45) is 1.77. The van der Waals surface area contributed by atoms with Crippen molar-refractivity contribution in [2.75, 3.05) is 13.1 Å². The Balaban J connectivity index is 1.96. The van der Waals surface area contributed by atoms with E-state index in [4.69, 9.17) is 16.3 Å². The van der Waals surface area contributed by atoms with Crippen LogP contribution in [-0.2, 0) is 4.79 Å². The van der Waals surface area contributed by atoms with Crippen LogP contribution in [0.1, 0.15) is 37.6 Å². The topological polar surface area (TPSA) is 49.8 Å². The van der Waals surface area contributed by atoms with Crippen molar-refractivity contribution in [1.29, 1.82) is 0 Å². The van der Waals surface area contributed by atoms with E-state index in [9.17, 15) is 9.90 Å². The quantitative estimate of drug-likeness (QED) is 0.819. The molecule has 1 aliphatic rings. The molecule has 5 heteroatoms. The smallest absolute Gasteiger partial charge is 0.320 e. The first kappa shape index (κ1) is 16.1. The van der Waals surface area contributed by atoms with E-state index in [1.54, 1.807) is 0 Å². The minimum Gasteiger partial charge on any atom is -0.491 e. The largest absolute Gasteiger partial charge is 0.491 e. The van der Waals surface area contributed by atoms with Gasteiger partial charge in [0.05, 0.1) is 11.5 Å². The highest BCUT2D eigenvalue weighted by Gasteiger charge is 2.31. The van der Waals surface area contributed by atoms with E-state index < -0.39 is 12.0 Å². The van der Waals surface area contributed by atoms with Crippen LogP contribution in [0.5, 0.6) is 5.75 Å². The minimum atomic E-state index is -0.753. The van der Waals surface area contributed by atoms with Gasteiger partial charge < -0.3 is 9.84 Å². The summed E-state index contributed by atoms with van der Waals surface area (Å²) in [5.41, 5.74) is 0.990. The number of likely N-dealkylation sites (tertiary alicyclic amines) is 1. The standard InChI is InChI=1S/C16H22ClNO3/c1-11(2)21-13-7-5-12(6-8-13)14(17)10-18-9-3-4-15(18)16(19)20/h5-8,11,14-15H,3-4,9-10H2,1-2H3,(H,19,20). The van der Waals surface area contributed by atoms with Gasteiger partial charge in [-0.05, 0) is 50.9 Å². The molecule has 1 saturated heterocycles. The number of hydrogen-bond acceptors (Lipinski definition) is 3. The van der Waals surface area contributed by atoms with Gasteiger partial charge in [-0.1, -0.05) is 12.1 Å². The summed E-state index contributed by atoms with van der Waals surface area (Å²) in [7, 11) is 0. The zero-order valence-electron chi connectivity index (χ0n) is 12.5. The number of rotatable bonds is 6. The third-order valence-electron chi connectivity index (χ3n) is 3.66. The van der Waals surface area contributed by atoms with Gasteiger partial charge in [0.15, 0.2) is 0 Å². The number of carboxylic acid groups (broad SMARTS) is 1. The molecule has 0 aromatic heterocycles. The van der Waals surface area contributed by atoms with Crippen molar-refractivity contribution >= 4 is 17.6 Å². The Morgan fingerprint density at radius 2 is 2.10 bits per heavy atom. The molecule has 1 aromatic rings. The Bertz CT molecular complexity index is 475. The summed E-state index contributed by atoms with van der Waals surface area (Å²) in [4.78, 5) is 13.1. The second-order valence-electron chi connectivity index (χ2n) is 5.69. The van der Waals surface area contributed by atoms with Gasteiger partial charge in [-0.25, -0.2) is 0 Å². The maximum Gasteiger partial charge on any atom is 0.320 e. The van der Waals surface area contributed by atoms with E-state index in [1.165, 1.54) is 0 Å². The number of halogens is 1. The Labute approximate surface area is 130 Å². The van der Waals surface area contributed by atoms with Gasteiger partial charge in [-0.3, -0.25) is 9.69 Å². The molecule has 1 aliphatic heterocycles. The Morgan fingerprint density at radius 1 is 1.43 bits per heavy atom. The number of ether oxygens (including phenoxy) is 1. The zero-order valence-corrected chi connectivity index (χ0v) is 13.2. The van der Waals surface area contributed by atoms with Crippen LogP contribution in [0.25, 0.3) is 0 Å². The molecule has 2 atom stereocenters. The summed E-state index contributed by atoms with van der Waals surface area (Å²) in [5, 5.41) is 8.98. The van der Waals surface area contributed by atoms with Gasteiger partial charge in [0.1, 0.15) is 11.8 Å². The van der Waals surface area contributed by atoms with Crippen LogP contribution >= 0.6 is 11.6 Å². The molecule has 0 spiro atoms. The average Bonchev–Trinajstić information content (AvgIpc) is 2.87. The lowest BCUT2D eigenvalue weighted by Crippen LogP contribution is -2.37. The van der Waals surface area contributed by atoms with Crippen molar-refractivity contribution < 1.29 is 14.6 Å². The Kier molecular flexibility index (Phi) is 5.48. The van der Waals surface area contributed by atoms with Crippen molar-refractivity contribution in [2.45, 2.75) is 44.2 Å². The fraction of sp³-hybridized carbons (Fsp3) is 0.562. The lowest BCUT2D eigenvalue weighted by atomic mass is 10.1. The van der Waals surface area contributed by atoms with Crippen molar-refractivity contribution in [3.8, 4) is 5.75 Å². The molecule has 0 amide bonds. The number of carboxylic acids is 1. The SMILES string of the molecule is CC(C)Oc1ccc(C(Cl)CN2CCCC2C(=O)O)cc1. The maximum absolute atomic E-state index is 11.2. The molecule has 1 fully saturated rings. The highest BCUT2D eigenvalue weighted by Crippen LogP contribution is 2.27. The van der Waals surface area contributed by atoms with E-state index in [1.807, 2.05) is 43.0 Å². The summed E-state index contributed by atoms with van der Waals surface area (Å²) in [6.45, 7) is 5.33. The lowest BCUT2D eigenvalue weighted by molar-refractivity contribution is -0.142. The van der Waals surface area contributed by atoms with Crippen molar-refractivity contribution in [2.24, 2.45) is 0 Å². The molecular weight excluding hydrogens is 290 g/mol. The Hall–Kier alpha value is -1.26. The van der Waals surface area contributed by atoms with E-state index in [2.05, 4.69) is 0 Å². The minimum absolute atomic E-state index is 0.142. The monoisotopic (exact) mass is 311 g/mol. The van der Waals surface area contributed by atoms with Gasteiger partial charge in [-0.2, -0.15) is 0 Å². The molecule has 21 heavy (non-hydrogen) atoms. The van der Waals surface area contributed by atoms with Crippen LogP contribution < -0.4 is 4.74 Å². The third-order valence-corrected chi connectivity index (χ3v) is 4.05. The number of aliphatic carboxylic acids is 1. The number of hydrogen-bond donors (Lipinski definition) is 1. The molecular formula is C16H22ClNO3. The number of carbonyl (C=O) groups is 1.